The van der Waals surface area contributed by atoms with Gasteiger partial charge < -0.3 is 10.4 Å². The summed E-state index contributed by atoms with van der Waals surface area (Å²) in [6.07, 6.45) is -4.57. The van der Waals surface area contributed by atoms with Gasteiger partial charge in [0.1, 0.15) is 17.2 Å². The van der Waals surface area contributed by atoms with E-state index in [1.54, 1.807) is 35.2 Å². The van der Waals surface area contributed by atoms with E-state index in [1.807, 2.05) is 0 Å². The van der Waals surface area contributed by atoms with Gasteiger partial charge in [-0.05, 0) is 18.6 Å². The molecule has 0 saturated carbocycles. The lowest BCUT2D eigenvalue weighted by Crippen LogP contribution is -2.45. The third-order valence-electron chi connectivity index (χ3n) is 5.52. The lowest BCUT2D eigenvalue weighted by Gasteiger charge is -2.27. The van der Waals surface area contributed by atoms with Crippen molar-refractivity contribution >= 4 is 5.91 Å². The van der Waals surface area contributed by atoms with E-state index in [4.69, 9.17) is 0 Å². The number of hydrogen-bond donors (Lipinski definition) is 2. The minimum atomic E-state index is -4.57. The number of halogens is 5. The minimum Gasteiger partial charge on any atom is -0.383 e. The van der Waals surface area contributed by atoms with E-state index in [-0.39, 0.29) is 25.2 Å². The molecule has 1 amide bonds. The first kappa shape index (κ1) is 23.1. The van der Waals surface area contributed by atoms with Crippen LogP contribution in [0.3, 0.4) is 0 Å². The molecule has 0 spiro atoms. The first-order valence-corrected chi connectivity index (χ1v) is 9.76. The third-order valence-corrected chi connectivity index (χ3v) is 5.52. The molecule has 1 fully saturated rings. The molecule has 3 rings (SSSR count). The number of nitrogens with one attached hydrogen (secondary N) is 1. The quantitative estimate of drug-likeness (QED) is 0.673. The zero-order chi connectivity index (χ0) is 22.8. The van der Waals surface area contributed by atoms with Gasteiger partial charge in [0.15, 0.2) is 0 Å². The SMILES string of the molecule is C[C@](O)(CNC(=O)[C@H]1CN(Cc2ccccc2)C[C@@H]1C(F)(F)F)c1ccc(F)cc1F. The molecule has 9 heteroatoms. The van der Waals surface area contributed by atoms with Crippen LogP contribution in [0, 0.1) is 23.5 Å². The molecule has 31 heavy (non-hydrogen) atoms. The number of alkyl halides is 3. The van der Waals surface area contributed by atoms with Gasteiger partial charge in [0.25, 0.3) is 0 Å². The number of likely N-dealkylation sites (tertiary alicyclic amines) is 1. The van der Waals surface area contributed by atoms with E-state index in [2.05, 4.69) is 5.32 Å². The largest absolute Gasteiger partial charge is 0.393 e. The lowest BCUT2D eigenvalue weighted by atomic mass is 9.92. The molecule has 1 heterocycles. The molecular weight excluding hydrogens is 419 g/mol. The first-order chi connectivity index (χ1) is 14.5. The maximum atomic E-state index is 14.0. The first-order valence-electron chi connectivity index (χ1n) is 9.76. The zero-order valence-corrected chi connectivity index (χ0v) is 16.8. The monoisotopic (exact) mass is 442 g/mol. The average molecular weight is 442 g/mol. The van der Waals surface area contributed by atoms with Gasteiger partial charge in [0.2, 0.25) is 5.91 Å². The Morgan fingerprint density at radius 1 is 1.13 bits per heavy atom. The number of nitrogens with zero attached hydrogens (tertiary/aromatic N) is 1. The summed E-state index contributed by atoms with van der Waals surface area (Å²) >= 11 is 0. The smallest absolute Gasteiger partial charge is 0.383 e. The summed E-state index contributed by atoms with van der Waals surface area (Å²) in [5.74, 6) is -5.94. The third kappa shape index (κ3) is 5.59. The van der Waals surface area contributed by atoms with Crippen molar-refractivity contribution in [2.24, 2.45) is 11.8 Å². The second-order valence-corrected chi connectivity index (χ2v) is 8.05. The maximum Gasteiger partial charge on any atom is 0.393 e. The minimum absolute atomic E-state index is 0.0992. The Hall–Kier alpha value is -2.52. The van der Waals surface area contributed by atoms with Crippen LogP contribution < -0.4 is 5.32 Å². The average Bonchev–Trinajstić information content (AvgIpc) is 3.11. The molecule has 1 aliphatic rings. The van der Waals surface area contributed by atoms with Crippen molar-refractivity contribution in [3.05, 3.63) is 71.3 Å². The molecule has 1 aliphatic heterocycles. The molecule has 2 aromatic rings. The molecule has 1 saturated heterocycles. The predicted molar refractivity (Wildman–Crippen MR) is 104 cm³/mol. The summed E-state index contributed by atoms with van der Waals surface area (Å²) in [6, 6.07) is 11.5. The molecular formula is C22H23F5N2O2. The summed E-state index contributed by atoms with van der Waals surface area (Å²) in [6.45, 7) is 0.530. The van der Waals surface area contributed by atoms with Crippen LogP contribution in [0.1, 0.15) is 18.1 Å². The number of hydrogen-bond acceptors (Lipinski definition) is 3. The van der Waals surface area contributed by atoms with E-state index >= 15 is 0 Å². The van der Waals surface area contributed by atoms with Gasteiger partial charge in [-0.1, -0.05) is 36.4 Å². The van der Waals surface area contributed by atoms with E-state index in [0.717, 1.165) is 17.7 Å². The number of benzene rings is 2. The van der Waals surface area contributed by atoms with Gasteiger partial charge in [-0.25, -0.2) is 8.78 Å². The van der Waals surface area contributed by atoms with Crippen molar-refractivity contribution in [2.45, 2.75) is 25.2 Å². The highest BCUT2D eigenvalue weighted by Gasteiger charge is 2.52. The second kappa shape index (κ2) is 8.92. The molecule has 2 N–H and O–H groups in total. The maximum absolute atomic E-state index is 14.0. The van der Waals surface area contributed by atoms with Crippen molar-refractivity contribution in [3.8, 4) is 0 Å². The van der Waals surface area contributed by atoms with Crippen molar-refractivity contribution in [2.75, 3.05) is 19.6 Å². The Kier molecular flexibility index (Phi) is 6.66. The fourth-order valence-electron chi connectivity index (χ4n) is 3.87. The van der Waals surface area contributed by atoms with E-state index in [1.165, 1.54) is 6.92 Å². The van der Waals surface area contributed by atoms with Crippen LogP contribution in [0.4, 0.5) is 22.0 Å². The van der Waals surface area contributed by atoms with Crippen LogP contribution in [0.25, 0.3) is 0 Å². The molecule has 0 radical (unpaired) electrons. The van der Waals surface area contributed by atoms with E-state index in [9.17, 15) is 31.9 Å². The van der Waals surface area contributed by atoms with Gasteiger partial charge in [0, 0.05) is 31.3 Å². The van der Waals surface area contributed by atoms with Crippen LogP contribution in [0.15, 0.2) is 48.5 Å². The molecule has 3 atom stereocenters. The number of carbonyl (C=O) groups excluding carboxylic acids is 1. The van der Waals surface area contributed by atoms with Gasteiger partial charge >= 0.3 is 6.18 Å². The van der Waals surface area contributed by atoms with Crippen LogP contribution in [-0.4, -0.2) is 41.7 Å². The van der Waals surface area contributed by atoms with Crippen LogP contribution in [-0.2, 0) is 16.9 Å². The Morgan fingerprint density at radius 2 is 1.81 bits per heavy atom. The molecule has 4 nitrogen and oxygen atoms in total. The van der Waals surface area contributed by atoms with Crippen LogP contribution in [0.5, 0.6) is 0 Å². The Balaban J connectivity index is 1.69. The van der Waals surface area contributed by atoms with E-state index in [0.29, 0.717) is 6.07 Å². The highest BCUT2D eigenvalue weighted by atomic mass is 19.4. The lowest BCUT2D eigenvalue weighted by molar-refractivity contribution is -0.183. The van der Waals surface area contributed by atoms with E-state index < -0.39 is 47.7 Å². The topological polar surface area (TPSA) is 52.6 Å². The zero-order valence-electron chi connectivity index (χ0n) is 16.8. The molecule has 0 aliphatic carbocycles. The van der Waals surface area contributed by atoms with Gasteiger partial charge in [-0.3, -0.25) is 9.69 Å². The fourth-order valence-corrected chi connectivity index (χ4v) is 3.87. The highest BCUT2D eigenvalue weighted by Crippen LogP contribution is 2.38. The summed E-state index contributed by atoms with van der Waals surface area (Å²) in [7, 11) is 0. The van der Waals surface area contributed by atoms with Crippen LogP contribution >= 0.6 is 0 Å². The number of aliphatic hydroxyl groups is 1. The number of carbonyl (C=O) groups is 1. The molecule has 0 unspecified atom stereocenters. The molecule has 0 aromatic heterocycles. The number of amides is 1. The van der Waals surface area contributed by atoms with Gasteiger partial charge in [0.05, 0.1) is 18.4 Å². The summed E-state index contributed by atoms with van der Waals surface area (Å²) < 4.78 is 67.8. The predicted octanol–water partition coefficient (Wildman–Crippen LogP) is 3.60. The summed E-state index contributed by atoms with van der Waals surface area (Å²) in [5.41, 5.74) is -1.36. The Morgan fingerprint density at radius 3 is 2.42 bits per heavy atom. The highest BCUT2D eigenvalue weighted by molar-refractivity contribution is 5.79. The molecule has 0 bridgehead atoms. The van der Waals surface area contributed by atoms with Crippen molar-refractivity contribution in [1.29, 1.82) is 0 Å². The van der Waals surface area contributed by atoms with Crippen LogP contribution in [0.2, 0.25) is 0 Å². The van der Waals surface area contributed by atoms with Crippen molar-refractivity contribution < 1.29 is 31.9 Å². The fraction of sp³-hybridized carbons (Fsp3) is 0.409. The van der Waals surface area contributed by atoms with Gasteiger partial charge in [-0.2, -0.15) is 13.2 Å². The normalized spacial score (nSPS) is 21.6. The van der Waals surface area contributed by atoms with Crippen molar-refractivity contribution in [1.82, 2.24) is 10.2 Å². The van der Waals surface area contributed by atoms with Gasteiger partial charge in [-0.15, -0.1) is 0 Å². The standard InChI is InChI=1S/C22H23F5N2O2/c1-21(31,17-8-7-15(23)9-19(17)24)13-28-20(30)16-11-29(12-18(16)22(25,26)27)10-14-5-3-2-4-6-14/h2-9,16,18,31H,10-13H2,1H3,(H,28,30)/t16-,18-,21-/m0/s1. The number of rotatable bonds is 6. The summed E-state index contributed by atoms with van der Waals surface area (Å²) in [5, 5.41) is 12.8. The second-order valence-electron chi connectivity index (χ2n) is 8.05. The van der Waals surface area contributed by atoms with Crippen molar-refractivity contribution in [3.63, 3.8) is 0 Å². The summed E-state index contributed by atoms with van der Waals surface area (Å²) in [4.78, 5) is 14.2. The Labute approximate surface area is 176 Å². The Bertz CT molecular complexity index is 918. The molecule has 2 aromatic carbocycles. The molecule has 168 valence electrons.